The smallest absolute Gasteiger partial charge is 0.255 e. The van der Waals surface area contributed by atoms with E-state index in [-0.39, 0.29) is 5.91 Å². The van der Waals surface area contributed by atoms with Gasteiger partial charge in [0.1, 0.15) is 11.8 Å². The Morgan fingerprint density at radius 1 is 1.13 bits per heavy atom. The van der Waals surface area contributed by atoms with Gasteiger partial charge in [0.2, 0.25) is 5.95 Å². The summed E-state index contributed by atoms with van der Waals surface area (Å²) < 4.78 is 7.41. The molecule has 160 valence electrons. The van der Waals surface area contributed by atoms with Crippen molar-refractivity contribution in [2.45, 2.75) is 39.7 Å². The Morgan fingerprint density at radius 3 is 2.58 bits per heavy atom. The van der Waals surface area contributed by atoms with Crippen LogP contribution in [0, 0.1) is 6.92 Å². The third kappa shape index (κ3) is 4.42. The summed E-state index contributed by atoms with van der Waals surface area (Å²) in [6.45, 7) is 6.68. The van der Waals surface area contributed by atoms with Gasteiger partial charge in [-0.2, -0.15) is 4.68 Å². The van der Waals surface area contributed by atoms with Crippen LogP contribution in [0.15, 0.2) is 59.8 Å². The predicted molar refractivity (Wildman–Crippen MR) is 119 cm³/mol. The second kappa shape index (κ2) is 8.99. The number of unbranched alkanes of at least 4 members (excludes halogenated alkanes) is 1. The van der Waals surface area contributed by atoms with Gasteiger partial charge in [-0.05, 0) is 60.5 Å². The lowest BCUT2D eigenvalue weighted by atomic mass is 9.95. The van der Waals surface area contributed by atoms with Gasteiger partial charge in [0.05, 0.1) is 12.2 Å². The number of benzene rings is 2. The van der Waals surface area contributed by atoms with Gasteiger partial charge < -0.3 is 15.4 Å². The number of carbonyl (C=O) groups excluding carboxylic acids is 1. The van der Waals surface area contributed by atoms with Crippen molar-refractivity contribution in [3.8, 4) is 5.75 Å². The molecule has 31 heavy (non-hydrogen) atoms. The molecule has 2 N–H and O–H groups in total. The molecule has 0 saturated carbocycles. The first-order valence-electron chi connectivity index (χ1n) is 10.4. The number of aromatic nitrogens is 4. The van der Waals surface area contributed by atoms with Crippen LogP contribution in [-0.4, -0.2) is 32.7 Å². The standard InChI is InChI=1S/C23H26N6O2/c1-4-5-14-31-19-12-8-17(9-13-19)21-20(16(3)24-23-26-27-28-29(21)23)22(30)25-18-10-6-15(2)7-11-18/h6-13,21H,4-5,14H2,1-3H3,(H,25,30)(H,24,26,28). The summed E-state index contributed by atoms with van der Waals surface area (Å²) in [5.41, 5.74) is 4.02. The summed E-state index contributed by atoms with van der Waals surface area (Å²) in [5.74, 6) is 1.09. The maximum Gasteiger partial charge on any atom is 0.255 e. The van der Waals surface area contributed by atoms with Gasteiger partial charge in [-0.1, -0.05) is 48.3 Å². The Hall–Kier alpha value is -3.68. The monoisotopic (exact) mass is 418 g/mol. The fourth-order valence-electron chi connectivity index (χ4n) is 3.53. The predicted octanol–water partition coefficient (Wildman–Crippen LogP) is 4.09. The molecule has 1 unspecified atom stereocenters. The lowest BCUT2D eigenvalue weighted by Crippen LogP contribution is -2.31. The van der Waals surface area contributed by atoms with E-state index in [0.29, 0.717) is 23.8 Å². The molecule has 0 fully saturated rings. The lowest BCUT2D eigenvalue weighted by molar-refractivity contribution is -0.113. The number of nitrogens with one attached hydrogen (secondary N) is 2. The van der Waals surface area contributed by atoms with Crippen molar-refractivity contribution in [2.24, 2.45) is 0 Å². The fraction of sp³-hybridized carbons (Fsp3) is 0.304. The van der Waals surface area contributed by atoms with Crippen LogP contribution in [-0.2, 0) is 4.79 Å². The number of carbonyl (C=O) groups is 1. The van der Waals surface area contributed by atoms with Crippen LogP contribution in [0.25, 0.3) is 0 Å². The number of allylic oxidation sites excluding steroid dienone is 1. The molecule has 1 atom stereocenters. The molecule has 0 saturated heterocycles. The second-order valence-corrected chi connectivity index (χ2v) is 7.60. The number of hydrogen-bond donors (Lipinski definition) is 2. The van der Waals surface area contributed by atoms with E-state index < -0.39 is 6.04 Å². The Morgan fingerprint density at radius 2 is 1.87 bits per heavy atom. The van der Waals surface area contributed by atoms with Crippen molar-refractivity contribution in [3.63, 3.8) is 0 Å². The topological polar surface area (TPSA) is 94.0 Å². The van der Waals surface area contributed by atoms with Gasteiger partial charge in [-0.25, -0.2) is 0 Å². The van der Waals surface area contributed by atoms with Crippen molar-refractivity contribution >= 4 is 17.5 Å². The first-order valence-corrected chi connectivity index (χ1v) is 10.4. The number of hydrogen-bond acceptors (Lipinski definition) is 6. The Balaban J connectivity index is 1.64. The molecule has 0 bridgehead atoms. The first kappa shape index (κ1) is 20.6. The minimum atomic E-state index is -0.457. The summed E-state index contributed by atoms with van der Waals surface area (Å²) in [6, 6.07) is 15.0. The largest absolute Gasteiger partial charge is 0.494 e. The maximum absolute atomic E-state index is 13.3. The van der Waals surface area contributed by atoms with E-state index in [1.165, 1.54) is 0 Å². The summed E-state index contributed by atoms with van der Waals surface area (Å²) in [5, 5.41) is 18.1. The number of amides is 1. The highest BCUT2D eigenvalue weighted by Crippen LogP contribution is 2.35. The number of ether oxygens (including phenoxy) is 1. The van der Waals surface area contributed by atoms with E-state index in [4.69, 9.17) is 4.74 Å². The molecule has 0 aliphatic carbocycles. The number of tetrazole rings is 1. The molecule has 8 heteroatoms. The second-order valence-electron chi connectivity index (χ2n) is 7.60. The SMILES string of the molecule is CCCCOc1ccc(C2C(C(=O)Nc3ccc(C)cc3)=C(C)Nc3nnnn32)cc1. The molecule has 8 nitrogen and oxygen atoms in total. The van der Waals surface area contributed by atoms with Crippen LogP contribution in [0.2, 0.25) is 0 Å². The quantitative estimate of drug-likeness (QED) is 0.562. The van der Waals surface area contributed by atoms with Gasteiger partial charge in [0, 0.05) is 11.4 Å². The van der Waals surface area contributed by atoms with Crippen molar-refractivity contribution < 1.29 is 9.53 Å². The first-order chi connectivity index (χ1) is 15.1. The molecule has 3 aromatic rings. The molecule has 1 aliphatic rings. The summed E-state index contributed by atoms with van der Waals surface area (Å²) in [7, 11) is 0. The van der Waals surface area contributed by atoms with Crippen molar-refractivity contribution in [1.82, 2.24) is 20.2 Å². The highest BCUT2D eigenvalue weighted by molar-refractivity contribution is 6.06. The van der Waals surface area contributed by atoms with E-state index >= 15 is 0 Å². The number of nitrogens with zero attached hydrogens (tertiary/aromatic N) is 4. The highest BCUT2D eigenvalue weighted by atomic mass is 16.5. The zero-order valence-corrected chi connectivity index (χ0v) is 17.9. The number of rotatable bonds is 7. The van der Waals surface area contributed by atoms with Crippen molar-refractivity contribution in [3.05, 3.63) is 70.9 Å². The van der Waals surface area contributed by atoms with E-state index in [1.807, 2.05) is 62.4 Å². The maximum atomic E-state index is 13.3. The van der Waals surface area contributed by atoms with E-state index in [9.17, 15) is 4.79 Å². The average Bonchev–Trinajstić information content (AvgIpc) is 3.23. The Labute approximate surface area is 181 Å². The molecular weight excluding hydrogens is 392 g/mol. The van der Waals surface area contributed by atoms with E-state index in [2.05, 4.69) is 33.1 Å². The minimum absolute atomic E-state index is 0.205. The molecule has 1 aliphatic heterocycles. The molecule has 0 radical (unpaired) electrons. The van der Waals surface area contributed by atoms with Crippen LogP contribution < -0.4 is 15.4 Å². The van der Waals surface area contributed by atoms with Crippen molar-refractivity contribution in [2.75, 3.05) is 17.2 Å². The molecule has 4 rings (SSSR count). The summed E-state index contributed by atoms with van der Waals surface area (Å²) >= 11 is 0. The third-order valence-corrected chi connectivity index (χ3v) is 5.23. The highest BCUT2D eigenvalue weighted by Gasteiger charge is 2.34. The molecule has 0 spiro atoms. The van der Waals surface area contributed by atoms with Gasteiger partial charge in [0.15, 0.2) is 0 Å². The molecule has 1 aromatic heterocycles. The fourth-order valence-corrected chi connectivity index (χ4v) is 3.53. The lowest BCUT2D eigenvalue weighted by Gasteiger charge is -2.28. The van der Waals surface area contributed by atoms with Crippen LogP contribution in [0.5, 0.6) is 5.75 Å². The molecule has 2 aromatic carbocycles. The van der Waals surface area contributed by atoms with Gasteiger partial charge in [0.25, 0.3) is 5.91 Å². The molecular formula is C23H26N6O2. The number of anilines is 2. The third-order valence-electron chi connectivity index (χ3n) is 5.23. The van der Waals surface area contributed by atoms with E-state index in [1.54, 1.807) is 4.68 Å². The molecule has 1 amide bonds. The van der Waals surface area contributed by atoms with Gasteiger partial charge >= 0.3 is 0 Å². The van der Waals surface area contributed by atoms with Crippen LogP contribution in [0.3, 0.4) is 0 Å². The van der Waals surface area contributed by atoms with Crippen molar-refractivity contribution in [1.29, 1.82) is 0 Å². The minimum Gasteiger partial charge on any atom is -0.494 e. The average molecular weight is 419 g/mol. The molecule has 2 heterocycles. The van der Waals surface area contributed by atoms with Gasteiger partial charge in [-0.3, -0.25) is 4.79 Å². The van der Waals surface area contributed by atoms with Crippen LogP contribution in [0.4, 0.5) is 11.6 Å². The summed E-state index contributed by atoms with van der Waals surface area (Å²) in [4.78, 5) is 13.3. The number of aryl methyl sites for hydroxylation is 1. The van der Waals surface area contributed by atoms with Crippen LogP contribution in [0.1, 0.15) is 43.9 Å². The van der Waals surface area contributed by atoms with Crippen LogP contribution >= 0.6 is 0 Å². The zero-order valence-electron chi connectivity index (χ0n) is 17.9. The Kier molecular flexibility index (Phi) is 5.97. The van der Waals surface area contributed by atoms with Gasteiger partial charge in [-0.15, -0.1) is 0 Å². The number of fused-ring (bicyclic) bond motifs is 1. The normalized spacial score (nSPS) is 15.3. The zero-order chi connectivity index (χ0) is 21.8. The Bertz CT molecular complexity index is 1090. The summed E-state index contributed by atoms with van der Waals surface area (Å²) in [6.07, 6.45) is 2.09. The van der Waals surface area contributed by atoms with E-state index in [0.717, 1.165) is 35.4 Å².